The Balaban J connectivity index is 2.23. The molecule has 0 N–H and O–H groups in total. The summed E-state index contributed by atoms with van der Waals surface area (Å²) in [6.45, 7) is 8.34. The van der Waals surface area contributed by atoms with Gasteiger partial charge in [-0.1, -0.05) is 24.9 Å². The number of aromatic nitrogens is 2. The summed E-state index contributed by atoms with van der Waals surface area (Å²) in [7, 11) is 0. The Morgan fingerprint density at radius 2 is 2.15 bits per heavy atom. The van der Waals surface area contributed by atoms with Gasteiger partial charge >= 0.3 is 0 Å². The van der Waals surface area contributed by atoms with Gasteiger partial charge in [-0.15, -0.1) is 0 Å². The van der Waals surface area contributed by atoms with Crippen LogP contribution in [-0.2, 0) is 24.3 Å². The van der Waals surface area contributed by atoms with Crippen LogP contribution in [-0.4, -0.2) is 33.1 Å². The Kier molecular flexibility index (Phi) is 5.22. The fraction of sp³-hybridized carbons (Fsp3) is 0.733. The van der Waals surface area contributed by atoms with Crippen molar-refractivity contribution in [3.63, 3.8) is 0 Å². The molecule has 2 heterocycles. The van der Waals surface area contributed by atoms with Gasteiger partial charge in [-0.2, -0.15) is 5.10 Å². The highest BCUT2D eigenvalue weighted by Gasteiger charge is 2.28. The first-order chi connectivity index (χ1) is 9.58. The number of rotatable bonds is 5. The average Bonchev–Trinajstić information content (AvgIpc) is 2.75. The van der Waals surface area contributed by atoms with Crippen LogP contribution in [0.5, 0.6) is 0 Å². The SMILES string of the molecule is CCc1nn(CC)c(CN2CCCCC2C(C)=O)c1Cl. The number of likely N-dealkylation sites (tertiary alicyclic amines) is 1. The number of aryl methyl sites for hydroxylation is 2. The molecular formula is C15H24ClN3O. The third kappa shape index (κ3) is 3.07. The smallest absolute Gasteiger partial charge is 0.146 e. The number of carbonyl (C=O) groups excluding carboxylic acids is 1. The van der Waals surface area contributed by atoms with Gasteiger partial charge in [0.2, 0.25) is 0 Å². The first-order valence-corrected chi connectivity index (χ1v) is 7.94. The molecule has 1 aliphatic rings. The molecule has 0 bridgehead atoms. The van der Waals surface area contributed by atoms with E-state index < -0.39 is 0 Å². The van der Waals surface area contributed by atoms with E-state index in [2.05, 4.69) is 23.8 Å². The van der Waals surface area contributed by atoms with Gasteiger partial charge in [0, 0.05) is 13.1 Å². The lowest BCUT2D eigenvalue weighted by atomic mass is 9.99. The van der Waals surface area contributed by atoms with Crippen molar-refractivity contribution in [1.29, 1.82) is 0 Å². The third-order valence-corrected chi connectivity index (χ3v) is 4.57. The molecule has 1 saturated heterocycles. The van der Waals surface area contributed by atoms with Gasteiger partial charge in [-0.25, -0.2) is 0 Å². The van der Waals surface area contributed by atoms with Crippen molar-refractivity contribution in [2.75, 3.05) is 6.54 Å². The van der Waals surface area contributed by atoms with Crippen molar-refractivity contribution in [1.82, 2.24) is 14.7 Å². The molecule has 1 aromatic rings. The molecule has 1 fully saturated rings. The summed E-state index contributed by atoms with van der Waals surface area (Å²) in [5.74, 6) is 0.263. The standard InChI is InChI=1S/C15H24ClN3O/c1-4-12-15(16)14(19(5-2)17-12)10-18-9-7-6-8-13(18)11(3)20/h13H,4-10H2,1-3H3. The van der Waals surface area contributed by atoms with Crippen molar-refractivity contribution in [3.8, 4) is 0 Å². The normalized spacial score (nSPS) is 20.3. The number of halogens is 1. The monoisotopic (exact) mass is 297 g/mol. The molecular weight excluding hydrogens is 274 g/mol. The van der Waals surface area contributed by atoms with Gasteiger partial charge in [-0.3, -0.25) is 14.4 Å². The quantitative estimate of drug-likeness (QED) is 0.838. The van der Waals surface area contributed by atoms with Crippen LogP contribution in [0.4, 0.5) is 0 Å². The summed E-state index contributed by atoms with van der Waals surface area (Å²) >= 11 is 6.46. The summed E-state index contributed by atoms with van der Waals surface area (Å²) in [6.07, 6.45) is 4.10. The zero-order valence-corrected chi connectivity index (χ0v) is 13.4. The van der Waals surface area contributed by atoms with Crippen LogP contribution in [0.15, 0.2) is 0 Å². The van der Waals surface area contributed by atoms with E-state index in [0.717, 1.165) is 61.7 Å². The lowest BCUT2D eigenvalue weighted by Crippen LogP contribution is -2.43. The number of nitrogens with zero attached hydrogens (tertiary/aromatic N) is 3. The number of hydrogen-bond acceptors (Lipinski definition) is 3. The second-order valence-corrected chi connectivity index (χ2v) is 5.85. The first-order valence-electron chi connectivity index (χ1n) is 7.57. The molecule has 20 heavy (non-hydrogen) atoms. The minimum Gasteiger partial charge on any atom is -0.298 e. The number of piperidine rings is 1. The van der Waals surface area contributed by atoms with E-state index in [-0.39, 0.29) is 11.8 Å². The summed E-state index contributed by atoms with van der Waals surface area (Å²) in [5.41, 5.74) is 2.01. The summed E-state index contributed by atoms with van der Waals surface area (Å²) in [5, 5.41) is 5.34. The fourth-order valence-corrected chi connectivity index (χ4v) is 3.33. The van der Waals surface area contributed by atoms with Crippen LogP contribution in [0.25, 0.3) is 0 Å². The predicted molar refractivity (Wildman–Crippen MR) is 81.0 cm³/mol. The molecule has 2 rings (SSSR count). The summed E-state index contributed by atoms with van der Waals surface area (Å²) < 4.78 is 1.98. The molecule has 1 unspecified atom stereocenters. The molecule has 0 aliphatic carbocycles. The lowest BCUT2D eigenvalue weighted by Gasteiger charge is -2.34. The number of hydrogen-bond donors (Lipinski definition) is 0. The van der Waals surface area contributed by atoms with E-state index in [1.165, 1.54) is 0 Å². The molecule has 0 spiro atoms. The van der Waals surface area contributed by atoms with E-state index in [1.54, 1.807) is 6.92 Å². The van der Waals surface area contributed by atoms with Crippen LogP contribution >= 0.6 is 11.6 Å². The van der Waals surface area contributed by atoms with E-state index in [9.17, 15) is 4.79 Å². The number of Topliss-reactive ketones (excluding diaryl/α,β-unsaturated/α-hetero) is 1. The maximum absolute atomic E-state index is 11.8. The molecule has 112 valence electrons. The van der Waals surface area contributed by atoms with E-state index >= 15 is 0 Å². The number of carbonyl (C=O) groups is 1. The van der Waals surface area contributed by atoms with E-state index in [4.69, 9.17) is 11.6 Å². The number of ketones is 1. The second-order valence-electron chi connectivity index (χ2n) is 5.47. The van der Waals surface area contributed by atoms with Gasteiger partial charge in [-0.05, 0) is 39.7 Å². The van der Waals surface area contributed by atoms with E-state index in [1.807, 2.05) is 4.68 Å². The molecule has 1 atom stereocenters. The van der Waals surface area contributed by atoms with Gasteiger partial charge < -0.3 is 0 Å². The van der Waals surface area contributed by atoms with Crippen LogP contribution in [0.1, 0.15) is 51.4 Å². The Bertz CT molecular complexity index is 484. The topological polar surface area (TPSA) is 38.1 Å². The van der Waals surface area contributed by atoms with Crippen LogP contribution in [0.3, 0.4) is 0 Å². The maximum Gasteiger partial charge on any atom is 0.146 e. The molecule has 0 radical (unpaired) electrons. The Morgan fingerprint density at radius 3 is 2.75 bits per heavy atom. The van der Waals surface area contributed by atoms with Gasteiger partial charge in [0.15, 0.2) is 0 Å². The molecule has 4 nitrogen and oxygen atoms in total. The van der Waals surface area contributed by atoms with Crippen molar-refractivity contribution in [3.05, 3.63) is 16.4 Å². The van der Waals surface area contributed by atoms with Crippen molar-refractivity contribution >= 4 is 17.4 Å². The Labute approximate surface area is 126 Å². The van der Waals surface area contributed by atoms with E-state index in [0.29, 0.717) is 0 Å². The highest BCUT2D eigenvalue weighted by atomic mass is 35.5. The minimum atomic E-state index is 0.0464. The van der Waals surface area contributed by atoms with Crippen LogP contribution in [0.2, 0.25) is 5.02 Å². The highest BCUT2D eigenvalue weighted by molar-refractivity contribution is 6.31. The Morgan fingerprint density at radius 1 is 1.40 bits per heavy atom. The highest BCUT2D eigenvalue weighted by Crippen LogP contribution is 2.26. The zero-order chi connectivity index (χ0) is 14.7. The van der Waals surface area contributed by atoms with Gasteiger partial charge in [0.25, 0.3) is 0 Å². The molecule has 1 aliphatic heterocycles. The molecule has 0 aromatic carbocycles. The second kappa shape index (κ2) is 6.72. The molecule has 1 aromatic heterocycles. The Hall–Kier alpha value is -0.870. The van der Waals surface area contributed by atoms with Crippen LogP contribution < -0.4 is 0 Å². The maximum atomic E-state index is 11.8. The average molecular weight is 298 g/mol. The van der Waals surface area contributed by atoms with Crippen molar-refractivity contribution in [2.24, 2.45) is 0 Å². The fourth-order valence-electron chi connectivity index (χ4n) is 3.00. The predicted octanol–water partition coefficient (Wildman–Crippen LogP) is 3.06. The van der Waals surface area contributed by atoms with Crippen molar-refractivity contribution in [2.45, 2.75) is 65.6 Å². The summed E-state index contributed by atoms with van der Waals surface area (Å²) in [4.78, 5) is 14.1. The first kappa shape index (κ1) is 15.5. The van der Waals surface area contributed by atoms with Crippen LogP contribution in [0, 0.1) is 0 Å². The molecule has 5 heteroatoms. The molecule has 0 amide bonds. The lowest BCUT2D eigenvalue weighted by molar-refractivity contribution is -0.123. The van der Waals surface area contributed by atoms with Gasteiger partial charge in [0.05, 0.1) is 22.5 Å². The largest absolute Gasteiger partial charge is 0.298 e. The van der Waals surface area contributed by atoms with Gasteiger partial charge in [0.1, 0.15) is 5.78 Å². The minimum absolute atomic E-state index is 0.0464. The molecule has 0 saturated carbocycles. The zero-order valence-electron chi connectivity index (χ0n) is 12.7. The summed E-state index contributed by atoms with van der Waals surface area (Å²) in [6, 6.07) is 0.0464. The van der Waals surface area contributed by atoms with Crippen molar-refractivity contribution < 1.29 is 4.79 Å². The third-order valence-electron chi connectivity index (χ3n) is 4.13.